The van der Waals surface area contributed by atoms with Gasteiger partial charge in [0.2, 0.25) is 0 Å². The Kier molecular flexibility index (Phi) is 5.48. The molecule has 2 fully saturated rings. The molecule has 33 heavy (non-hydrogen) atoms. The molecule has 2 aromatic heterocycles. The number of ether oxygens (including phenoxy) is 1. The van der Waals surface area contributed by atoms with E-state index in [1.807, 2.05) is 6.07 Å². The molecule has 2 aliphatic rings. The van der Waals surface area contributed by atoms with E-state index in [-0.39, 0.29) is 29.6 Å². The lowest BCUT2D eigenvalue weighted by Gasteiger charge is -2.32. The number of nitrogens with one attached hydrogen (secondary N) is 1. The van der Waals surface area contributed by atoms with E-state index >= 15 is 0 Å². The fourth-order valence-corrected chi connectivity index (χ4v) is 4.66. The van der Waals surface area contributed by atoms with E-state index in [0.29, 0.717) is 31.5 Å². The van der Waals surface area contributed by atoms with Crippen LogP contribution in [0.25, 0.3) is 11.2 Å². The largest absolute Gasteiger partial charge is 0.573 e. The summed E-state index contributed by atoms with van der Waals surface area (Å²) in [6.07, 6.45) is -0.338. The first-order chi connectivity index (χ1) is 15.8. The molecule has 7 nitrogen and oxygen atoms in total. The second-order valence-corrected chi connectivity index (χ2v) is 8.68. The van der Waals surface area contributed by atoms with Gasteiger partial charge in [-0.25, -0.2) is 9.97 Å². The van der Waals surface area contributed by atoms with E-state index in [9.17, 15) is 23.1 Å². The zero-order chi connectivity index (χ0) is 23.2. The summed E-state index contributed by atoms with van der Waals surface area (Å²) in [6.45, 7) is 1.08. The molecule has 5 rings (SSSR count). The fraction of sp³-hybridized carbons (Fsp3) is 0.435. The Morgan fingerprint density at radius 1 is 1.09 bits per heavy atom. The molecule has 1 amide bonds. The molecular weight excluding hydrogens is 437 g/mol. The van der Waals surface area contributed by atoms with Gasteiger partial charge in [-0.3, -0.25) is 4.79 Å². The highest BCUT2D eigenvalue weighted by Gasteiger charge is 2.33. The number of aliphatic hydroxyl groups is 1. The van der Waals surface area contributed by atoms with Gasteiger partial charge in [0.25, 0.3) is 5.91 Å². The monoisotopic (exact) mass is 460 g/mol. The number of nitrogens with zero attached hydrogens (tertiary/aromatic N) is 3. The number of fused-ring (bicyclic) bond motifs is 1. The van der Waals surface area contributed by atoms with Crippen LogP contribution in [0.2, 0.25) is 0 Å². The van der Waals surface area contributed by atoms with Gasteiger partial charge in [0.05, 0.1) is 6.10 Å². The van der Waals surface area contributed by atoms with Crippen LogP contribution >= 0.6 is 0 Å². The molecule has 1 aliphatic heterocycles. The van der Waals surface area contributed by atoms with Crippen molar-refractivity contribution < 1.29 is 27.8 Å². The Morgan fingerprint density at radius 3 is 2.42 bits per heavy atom. The molecule has 0 atom stereocenters. The van der Waals surface area contributed by atoms with Crippen LogP contribution in [0, 0.1) is 0 Å². The summed E-state index contributed by atoms with van der Waals surface area (Å²) in [5.41, 5.74) is 3.01. The molecule has 0 bridgehead atoms. The van der Waals surface area contributed by atoms with Gasteiger partial charge >= 0.3 is 6.36 Å². The summed E-state index contributed by atoms with van der Waals surface area (Å²) in [5.74, 6) is 0.757. The highest BCUT2D eigenvalue weighted by atomic mass is 19.4. The Morgan fingerprint density at radius 2 is 1.79 bits per heavy atom. The van der Waals surface area contributed by atoms with Crippen molar-refractivity contribution >= 4 is 17.1 Å². The van der Waals surface area contributed by atoms with Crippen molar-refractivity contribution in [2.45, 2.75) is 50.0 Å². The van der Waals surface area contributed by atoms with Gasteiger partial charge in [0.15, 0.2) is 5.65 Å². The fourth-order valence-electron chi connectivity index (χ4n) is 4.66. The van der Waals surface area contributed by atoms with Crippen LogP contribution in [-0.4, -0.2) is 56.4 Å². The number of carbonyl (C=O) groups is 1. The van der Waals surface area contributed by atoms with E-state index in [1.54, 1.807) is 11.1 Å². The first-order valence-electron chi connectivity index (χ1n) is 10.9. The quantitative estimate of drug-likeness (QED) is 0.611. The lowest BCUT2D eigenvalue weighted by molar-refractivity contribution is -0.274. The Labute approximate surface area is 187 Å². The molecule has 0 unspecified atom stereocenters. The SMILES string of the molecule is O=C(c1ccc(OC(F)(F)F)cc1)N1CCC(c2ccnc3[nH]c([C@H]4C[C@@H](O)C4)nc23)CC1. The third-order valence-electron chi connectivity index (χ3n) is 6.49. The number of aromatic nitrogens is 3. The maximum absolute atomic E-state index is 12.8. The third-order valence-corrected chi connectivity index (χ3v) is 6.49. The number of carbonyl (C=O) groups excluding carboxylic acids is 1. The molecule has 3 aromatic rings. The second kappa shape index (κ2) is 8.33. The molecule has 0 radical (unpaired) electrons. The number of aromatic amines is 1. The van der Waals surface area contributed by atoms with Crippen LogP contribution in [0.15, 0.2) is 36.5 Å². The lowest BCUT2D eigenvalue weighted by Crippen LogP contribution is -2.38. The van der Waals surface area contributed by atoms with Crippen molar-refractivity contribution in [3.05, 3.63) is 53.5 Å². The lowest BCUT2D eigenvalue weighted by atomic mass is 9.82. The number of hydrogen-bond donors (Lipinski definition) is 2. The van der Waals surface area contributed by atoms with Crippen molar-refractivity contribution in [3.63, 3.8) is 0 Å². The van der Waals surface area contributed by atoms with Crippen molar-refractivity contribution in [1.29, 1.82) is 0 Å². The number of H-pyrrole nitrogens is 1. The summed E-state index contributed by atoms with van der Waals surface area (Å²) in [5, 5.41) is 9.58. The zero-order valence-corrected chi connectivity index (χ0v) is 17.7. The minimum Gasteiger partial charge on any atom is -0.406 e. The standard InChI is InChI=1S/C23H23F3N4O3/c24-23(25,26)33-17-3-1-14(2-4-17)22(32)30-9-6-13(7-10-30)18-5-8-27-21-19(18)28-20(29-21)15-11-16(31)12-15/h1-5,8,13,15-16,31H,6-7,9-12H2,(H,27,28,29)/t15-,16+. The molecule has 1 saturated carbocycles. The minimum atomic E-state index is -4.76. The van der Waals surface area contributed by atoms with E-state index < -0.39 is 6.36 Å². The maximum atomic E-state index is 12.8. The molecular formula is C23H23F3N4O3. The first kappa shape index (κ1) is 21.7. The summed E-state index contributed by atoms with van der Waals surface area (Å²) in [4.78, 5) is 27.0. The van der Waals surface area contributed by atoms with Gasteiger partial charge in [-0.05, 0) is 67.5 Å². The number of pyridine rings is 1. The van der Waals surface area contributed by atoms with E-state index in [1.165, 1.54) is 12.1 Å². The molecule has 1 aromatic carbocycles. The summed E-state index contributed by atoms with van der Waals surface area (Å²) >= 11 is 0. The number of rotatable bonds is 4. The van der Waals surface area contributed by atoms with Crippen molar-refractivity contribution in [1.82, 2.24) is 19.9 Å². The molecule has 1 saturated heterocycles. The normalized spacial score (nSPS) is 21.8. The van der Waals surface area contributed by atoms with Crippen molar-refractivity contribution in [2.75, 3.05) is 13.1 Å². The average molecular weight is 460 g/mol. The van der Waals surface area contributed by atoms with Crippen LogP contribution in [0.1, 0.15) is 59.3 Å². The summed E-state index contributed by atoms with van der Waals surface area (Å²) in [6, 6.07) is 6.98. The van der Waals surface area contributed by atoms with Crippen LogP contribution in [-0.2, 0) is 0 Å². The van der Waals surface area contributed by atoms with Crippen LogP contribution in [0.5, 0.6) is 5.75 Å². The second-order valence-electron chi connectivity index (χ2n) is 8.68. The number of likely N-dealkylation sites (tertiary alicyclic amines) is 1. The topological polar surface area (TPSA) is 91.3 Å². The van der Waals surface area contributed by atoms with Crippen LogP contribution < -0.4 is 4.74 Å². The minimum absolute atomic E-state index is 0.211. The maximum Gasteiger partial charge on any atom is 0.573 e. The number of halogens is 3. The molecule has 0 spiro atoms. The third kappa shape index (κ3) is 4.52. The molecule has 1 aliphatic carbocycles. The van der Waals surface area contributed by atoms with Gasteiger partial charge in [0.1, 0.15) is 17.1 Å². The van der Waals surface area contributed by atoms with Crippen LogP contribution in [0.3, 0.4) is 0 Å². The summed E-state index contributed by atoms with van der Waals surface area (Å²) in [7, 11) is 0. The Hall–Kier alpha value is -3.14. The number of benzene rings is 1. The van der Waals surface area contributed by atoms with Crippen molar-refractivity contribution in [2.24, 2.45) is 0 Å². The first-order valence-corrected chi connectivity index (χ1v) is 10.9. The number of hydrogen-bond acceptors (Lipinski definition) is 5. The van der Waals surface area contributed by atoms with Gasteiger partial charge in [-0.15, -0.1) is 13.2 Å². The number of imidazole rings is 1. The molecule has 174 valence electrons. The van der Waals surface area contributed by atoms with E-state index in [4.69, 9.17) is 4.98 Å². The number of amides is 1. The number of aliphatic hydroxyl groups excluding tert-OH is 1. The number of piperidine rings is 1. The van der Waals surface area contributed by atoms with E-state index in [0.717, 1.165) is 47.5 Å². The predicted octanol–water partition coefficient (Wildman–Crippen LogP) is 4.11. The van der Waals surface area contributed by atoms with Crippen molar-refractivity contribution in [3.8, 4) is 5.75 Å². The van der Waals surface area contributed by atoms with Gasteiger partial charge in [-0.1, -0.05) is 0 Å². The highest BCUT2D eigenvalue weighted by molar-refractivity contribution is 5.94. The molecule has 10 heteroatoms. The van der Waals surface area contributed by atoms with E-state index in [2.05, 4.69) is 14.7 Å². The van der Waals surface area contributed by atoms with Gasteiger partial charge in [-0.2, -0.15) is 0 Å². The summed E-state index contributed by atoms with van der Waals surface area (Å²) < 4.78 is 40.8. The molecule has 3 heterocycles. The Bertz CT molecular complexity index is 1150. The Balaban J connectivity index is 1.24. The predicted molar refractivity (Wildman–Crippen MR) is 113 cm³/mol. The van der Waals surface area contributed by atoms with Gasteiger partial charge in [0, 0.05) is 30.8 Å². The average Bonchev–Trinajstić information content (AvgIpc) is 3.20. The molecule has 2 N–H and O–H groups in total. The zero-order valence-electron chi connectivity index (χ0n) is 17.7. The van der Waals surface area contributed by atoms with Crippen LogP contribution in [0.4, 0.5) is 13.2 Å². The smallest absolute Gasteiger partial charge is 0.406 e. The van der Waals surface area contributed by atoms with Gasteiger partial charge < -0.3 is 19.7 Å². The highest BCUT2D eigenvalue weighted by Crippen LogP contribution is 2.38. The number of alkyl halides is 3.